The molecule has 2 N–H and O–H groups in total. The molecule has 0 aromatic heterocycles. The molecule has 0 amide bonds. The summed E-state index contributed by atoms with van der Waals surface area (Å²) in [7, 11) is 0. The maximum Gasteiger partial charge on any atom is 0.162 e. The number of carbonyl (C=O) groups excluding carboxylic acids is 1. The van der Waals surface area contributed by atoms with Crippen LogP contribution >= 0.6 is 0 Å². The minimum Gasteiger partial charge on any atom is -0.393 e. The van der Waals surface area contributed by atoms with Crippen LogP contribution < -0.4 is 0 Å². The van der Waals surface area contributed by atoms with Crippen LogP contribution in [0, 0.1) is 40.4 Å². The van der Waals surface area contributed by atoms with Crippen molar-refractivity contribution in [2.75, 3.05) is 6.61 Å². The highest BCUT2D eigenvalue weighted by Crippen LogP contribution is 2.67. The molecule has 0 aromatic rings. The van der Waals surface area contributed by atoms with Gasteiger partial charge in [-0.05, 0) is 55.3 Å². The summed E-state index contributed by atoms with van der Waals surface area (Å²) >= 11 is 0. The van der Waals surface area contributed by atoms with Crippen molar-refractivity contribution in [3.8, 4) is 0 Å². The van der Waals surface area contributed by atoms with Gasteiger partial charge in [0, 0.05) is 17.3 Å². The van der Waals surface area contributed by atoms with Gasteiger partial charge in [-0.2, -0.15) is 0 Å². The van der Waals surface area contributed by atoms with Gasteiger partial charge in [0.05, 0.1) is 6.10 Å². The normalized spacial score (nSPS) is 51.3. The minimum absolute atomic E-state index is 0.0236. The lowest BCUT2D eigenvalue weighted by atomic mass is 9.46. The van der Waals surface area contributed by atoms with Gasteiger partial charge < -0.3 is 10.2 Å². The topological polar surface area (TPSA) is 57.5 Å². The smallest absolute Gasteiger partial charge is 0.162 e. The van der Waals surface area contributed by atoms with Gasteiger partial charge in [0.15, 0.2) is 5.78 Å². The first-order valence-electron chi connectivity index (χ1n) is 10.0. The molecule has 0 spiro atoms. The molecule has 0 bridgehead atoms. The molecule has 3 saturated carbocycles. The summed E-state index contributed by atoms with van der Waals surface area (Å²) in [5.74, 6) is 1.38. The maximum absolute atomic E-state index is 12.5. The van der Waals surface area contributed by atoms with E-state index in [-0.39, 0.29) is 41.2 Å². The molecular weight excluding hydrogens is 312 g/mol. The van der Waals surface area contributed by atoms with Crippen molar-refractivity contribution in [3.63, 3.8) is 0 Å². The summed E-state index contributed by atoms with van der Waals surface area (Å²) in [5, 5.41) is 20.7. The standard InChI is InChI=1S/C22H32O3/c1-13-10-16-15-8-7-14-6-4-5-9-21(14,2)20(15)17(24)11-22(16,3)19(13)18(25)12-23/h5-6,9,13,15-17,19-20,23-24H,4,7-8,10-12H2,1-3H3/t13-,15?,16?,17?,19-,20?,21?,22?/m1/s1. The Morgan fingerprint density at radius 2 is 2.12 bits per heavy atom. The third-order valence-electron chi connectivity index (χ3n) is 8.39. The predicted molar refractivity (Wildman–Crippen MR) is 97.7 cm³/mol. The van der Waals surface area contributed by atoms with Crippen LogP contribution in [0.4, 0.5) is 0 Å². The Balaban J connectivity index is 1.73. The van der Waals surface area contributed by atoms with Crippen LogP contribution in [0.3, 0.4) is 0 Å². The van der Waals surface area contributed by atoms with E-state index in [9.17, 15) is 15.0 Å². The molecule has 0 heterocycles. The lowest BCUT2D eigenvalue weighted by molar-refractivity contribution is -0.142. The SMILES string of the molecule is C[C@@H]1CC2C3CCC4=CCC=CC4(C)C3C(O)CC2(C)[C@H]1C(=O)CO. The second-order valence-electron chi connectivity index (χ2n) is 9.58. The van der Waals surface area contributed by atoms with Crippen LogP contribution in [0.5, 0.6) is 0 Å². The van der Waals surface area contributed by atoms with Crippen LogP contribution in [0.15, 0.2) is 23.8 Å². The molecule has 25 heavy (non-hydrogen) atoms. The van der Waals surface area contributed by atoms with E-state index in [1.165, 1.54) is 5.57 Å². The average Bonchev–Trinajstić information content (AvgIpc) is 2.83. The molecule has 0 radical (unpaired) electrons. The second-order valence-corrected chi connectivity index (χ2v) is 9.58. The number of fused-ring (bicyclic) bond motifs is 5. The molecule has 3 heteroatoms. The van der Waals surface area contributed by atoms with Gasteiger partial charge >= 0.3 is 0 Å². The summed E-state index contributed by atoms with van der Waals surface area (Å²) in [6, 6.07) is 0. The summed E-state index contributed by atoms with van der Waals surface area (Å²) in [5.41, 5.74) is 1.31. The zero-order valence-electron chi connectivity index (χ0n) is 15.7. The summed E-state index contributed by atoms with van der Waals surface area (Å²) in [6.45, 7) is 6.32. The third kappa shape index (κ3) is 2.28. The second kappa shape index (κ2) is 5.79. The van der Waals surface area contributed by atoms with E-state index < -0.39 is 0 Å². The van der Waals surface area contributed by atoms with Gasteiger partial charge in [0.25, 0.3) is 0 Å². The van der Waals surface area contributed by atoms with Gasteiger partial charge in [0.1, 0.15) is 6.61 Å². The van der Waals surface area contributed by atoms with Crippen LogP contribution in [-0.2, 0) is 4.79 Å². The summed E-state index contributed by atoms with van der Waals surface area (Å²) in [4.78, 5) is 12.5. The van der Waals surface area contributed by atoms with Crippen molar-refractivity contribution in [1.29, 1.82) is 0 Å². The summed E-state index contributed by atoms with van der Waals surface area (Å²) < 4.78 is 0. The van der Waals surface area contributed by atoms with E-state index in [4.69, 9.17) is 0 Å². The van der Waals surface area contributed by atoms with Crippen molar-refractivity contribution in [3.05, 3.63) is 23.8 Å². The molecule has 6 unspecified atom stereocenters. The first-order valence-corrected chi connectivity index (χ1v) is 10.0. The monoisotopic (exact) mass is 344 g/mol. The molecule has 4 aliphatic rings. The van der Waals surface area contributed by atoms with Crippen molar-refractivity contribution >= 4 is 5.78 Å². The molecule has 0 saturated heterocycles. The van der Waals surface area contributed by atoms with Crippen molar-refractivity contribution in [1.82, 2.24) is 0 Å². The Hall–Kier alpha value is -0.930. The number of Topliss-reactive ketones (excluding diaryl/α,β-unsaturated/α-hetero) is 1. The first kappa shape index (κ1) is 17.5. The van der Waals surface area contributed by atoms with Crippen LogP contribution in [0.1, 0.15) is 52.9 Å². The zero-order valence-corrected chi connectivity index (χ0v) is 15.7. The van der Waals surface area contributed by atoms with Crippen molar-refractivity contribution < 1.29 is 15.0 Å². The van der Waals surface area contributed by atoms with Crippen molar-refractivity contribution in [2.24, 2.45) is 40.4 Å². The number of hydrogen-bond donors (Lipinski definition) is 2. The van der Waals surface area contributed by atoms with Gasteiger partial charge in [0.2, 0.25) is 0 Å². The van der Waals surface area contributed by atoms with E-state index in [1.54, 1.807) is 0 Å². The Morgan fingerprint density at radius 1 is 1.36 bits per heavy atom. The summed E-state index contributed by atoms with van der Waals surface area (Å²) in [6.07, 6.45) is 11.6. The average molecular weight is 344 g/mol. The largest absolute Gasteiger partial charge is 0.393 e. The Morgan fingerprint density at radius 3 is 2.84 bits per heavy atom. The number of allylic oxidation sites excluding steroid dienone is 4. The highest BCUT2D eigenvalue weighted by atomic mass is 16.3. The fraction of sp³-hybridized carbons (Fsp3) is 0.773. The van der Waals surface area contributed by atoms with E-state index >= 15 is 0 Å². The number of aliphatic hydroxyl groups is 2. The number of hydrogen-bond acceptors (Lipinski definition) is 3. The van der Waals surface area contributed by atoms with E-state index in [2.05, 4.69) is 39.0 Å². The van der Waals surface area contributed by atoms with Crippen LogP contribution in [0.25, 0.3) is 0 Å². The number of rotatable bonds is 2. The molecule has 3 fully saturated rings. The lowest BCUT2D eigenvalue weighted by Gasteiger charge is -2.58. The fourth-order valence-electron chi connectivity index (χ4n) is 7.62. The van der Waals surface area contributed by atoms with Gasteiger partial charge in [-0.3, -0.25) is 4.79 Å². The molecule has 0 aliphatic heterocycles. The molecule has 4 rings (SSSR count). The number of carbonyl (C=O) groups is 1. The fourth-order valence-corrected chi connectivity index (χ4v) is 7.62. The quantitative estimate of drug-likeness (QED) is 0.754. The zero-order chi connectivity index (χ0) is 18.0. The number of aliphatic hydroxyl groups excluding tert-OH is 2. The van der Waals surface area contributed by atoms with Crippen LogP contribution in [-0.4, -0.2) is 28.7 Å². The van der Waals surface area contributed by atoms with Gasteiger partial charge in [-0.25, -0.2) is 0 Å². The van der Waals surface area contributed by atoms with Gasteiger partial charge in [-0.15, -0.1) is 0 Å². The molecule has 3 nitrogen and oxygen atoms in total. The minimum atomic E-state index is -0.373. The van der Waals surface area contributed by atoms with E-state index in [1.807, 2.05) is 0 Å². The molecule has 8 atom stereocenters. The number of ketones is 1. The van der Waals surface area contributed by atoms with Gasteiger partial charge in [-0.1, -0.05) is 44.6 Å². The van der Waals surface area contributed by atoms with Crippen LogP contribution in [0.2, 0.25) is 0 Å². The highest BCUT2D eigenvalue weighted by molar-refractivity contribution is 5.83. The molecule has 4 aliphatic carbocycles. The predicted octanol–water partition coefficient (Wildman–Crippen LogP) is 3.51. The lowest BCUT2D eigenvalue weighted by Crippen LogP contribution is -2.56. The molecule has 138 valence electrons. The third-order valence-corrected chi connectivity index (χ3v) is 8.39. The Kier molecular flexibility index (Phi) is 4.05. The highest BCUT2D eigenvalue weighted by Gasteiger charge is 2.63. The Bertz CT molecular complexity index is 635. The van der Waals surface area contributed by atoms with Crippen molar-refractivity contribution in [2.45, 2.75) is 59.0 Å². The maximum atomic E-state index is 12.5. The Labute approximate surface area is 151 Å². The van der Waals surface area contributed by atoms with E-state index in [0.717, 1.165) is 25.7 Å². The first-order chi connectivity index (χ1) is 11.8. The molecular formula is C22H32O3. The molecule has 0 aromatic carbocycles. The van der Waals surface area contributed by atoms with E-state index in [0.29, 0.717) is 24.2 Å².